The van der Waals surface area contributed by atoms with Crippen molar-refractivity contribution in [3.8, 4) is 5.75 Å². The maximum Gasteiger partial charge on any atom is 0.236 e. The Kier molecular flexibility index (Phi) is 6.19. The summed E-state index contributed by atoms with van der Waals surface area (Å²) in [5, 5.41) is 0. The Balaban J connectivity index is 1.68. The van der Waals surface area contributed by atoms with E-state index in [0.717, 1.165) is 31.8 Å². The van der Waals surface area contributed by atoms with Gasteiger partial charge in [-0.05, 0) is 37.9 Å². The molecular weight excluding hydrogens is 283 g/mol. The van der Waals surface area contributed by atoms with Crippen molar-refractivity contribution in [2.45, 2.75) is 19.8 Å². The molecule has 1 heterocycles. The zero-order valence-corrected chi connectivity index (χ0v) is 13.4. The van der Waals surface area contributed by atoms with Crippen LogP contribution >= 0.6 is 0 Å². The summed E-state index contributed by atoms with van der Waals surface area (Å²) < 4.78 is 18.8. The Hall–Kier alpha value is -1.62. The normalized spacial score (nSPS) is 16.1. The van der Waals surface area contributed by atoms with Gasteiger partial charge in [-0.3, -0.25) is 9.69 Å². The van der Waals surface area contributed by atoms with Gasteiger partial charge in [-0.1, -0.05) is 19.1 Å². The minimum Gasteiger partial charge on any atom is -0.489 e. The molecule has 0 unspecified atom stereocenters. The molecule has 1 amide bonds. The molecule has 0 aromatic heterocycles. The number of rotatable bonds is 6. The van der Waals surface area contributed by atoms with E-state index in [4.69, 9.17) is 4.74 Å². The SMILES string of the molecule is CC1CCN(C(=O)CN(C)CCOc2ccccc2F)CC1. The molecule has 4 nitrogen and oxygen atoms in total. The van der Waals surface area contributed by atoms with E-state index in [0.29, 0.717) is 19.7 Å². The summed E-state index contributed by atoms with van der Waals surface area (Å²) in [5.74, 6) is 0.784. The summed E-state index contributed by atoms with van der Waals surface area (Å²) in [6.07, 6.45) is 2.18. The monoisotopic (exact) mass is 308 g/mol. The van der Waals surface area contributed by atoms with Crippen LogP contribution in [0.5, 0.6) is 5.75 Å². The molecule has 0 atom stereocenters. The van der Waals surface area contributed by atoms with Gasteiger partial charge in [0.25, 0.3) is 0 Å². The molecular formula is C17H25FN2O2. The molecule has 0 spiro atoms. The fourth-order valence-electron chi connectivity index (χ4n) is 2.54. The van der Waals surface area contributed by atoms with E-state index >= 15 is 0 Å². The fourth-order valence-corrected chi connectivity index (χ4v) is 2.54. The number of ether oxygens (including phenoxy) is 1. The number of benzene rings is 1. The lowest BCUT2D eigenvalue weighted by atomic mass is 9.99. The number of halogens is 1. The molecule has 1 saturated heterocycles. The van der Waals surface area contributed by atoms with Gasteiger partial charge >= 0.3 is 0 Å². The quantitative estimate of drug-likeness (QED) is 0.809. The van der Waals surface area contributed by atoms with Crippen LogP contribution in [0.15, 0.2) is 24.3 Å². The average molecular weight is 308 g/mol. The highest BCUT2D eigenvalue weighted by Crippen LogP contribution is 2.16. The Labute approximate surface area is 131 Å². The zero-order valence-electron chi connectivity index (χ0n) is 13.4. The predicted molar refractivity (Wildman–Crippen MR) is 84.4 cm³/mol. The second-order valence-electron chi connectivity index (χ2n) is 6.08. The standard InChI is InChI=1S/C17H25FN2O2/c1-14-7-9-20(10-8-14)17(21)13-19(2)11-12-22-16-6-4-3-5-15(16)18/h3-6,14H,7-13H2,1-2H3. The van der Waals surface area contributed by atoms with Gasteiger partial charge in [0.15, 0.2) is 11.6 Å². The smallest absolute Gasteiger partial charge is 0.236 e. The van der Waals surface area contributed by atoms with Gasteiger partial charge in [-0.15, -0.1) is 0 Å². The zero-order chi connectivity index (χ0) is 15.9. The third-order valence-electron chi connectivity index (χ3n) is 4.11. The second-order valence-corrected chi connectivity index (χ2v) is 6.08. The number of likely N-dealkylation sites (N-methyl/N-ethyl adjacent to an activating group) is 1. The number of amides is 1. The summed E-state index contributed by atoms with van der Waals surface area (Å²) in [7, 11) is 1.88. The summed E-state index contributed by atoms with van der Waals surface area (Å²) >= 11 is 0. The minimum atomic E-state index is -0.358. The highest BCUT2D eigenvalue weighted by molar-refractivity contribution is 5.78. The van der Waals surface area contributed by atoms with E-state index in [1.807, 2.05) is 16.8 Å². The number of hydrogen-bond acceptors (Lipinski definition) is 3. The molecule has 1 aromatic rings. The Bertz CT molecular complexity index is 487. The highest BCUT2D eigenvalue weighted by atomic mass is 19.1. The third-order valence-corrected chi connectivity index (χ3v) is 4.11. The molecule has 1 fully saturated rings. The van der Waals surface area contributed by atoms with Crippen LogP contribution in [0.4, 0.5) is 4.39 Å². The molecule has 0 radical (unpaired) electrons. The highest BCUT2D eigenvalue weighted by Gasteiger charge is 2.20. The summed E-state index contributed by atoms with van der Waals surface area (Å²) in [6, 6.07) is 6.35. The van der Waals surface area contributed by atoms with Crippen LogP contribution in [0.2, 0.25) is 0 Å². The summed E-state index contributed by atoms with van der Waals surface area (Å²) in [5.41, 5.74) is 0. The molecule has 122 valence electrons. The van der Waals surface area contributed by atoms with Crippen LogP contribution in [0, 0.1) is 11.7 Å². The Morgan fingerprint density at radius 1 is 1.36 bits per heavy atom. The second kappa shape index (κ2) is 8.13. The number of piperidine rings is 1. The van der Waals surface area contributed by atoms with Gasteiger partial charge < -0.3 is 9.64 Å². The van der Waals surface area contributed by atoms with E-state index in [2.05, 4.69) is 6.92 Å². The lowest BCUT2D eigenvalue weighted by Gasteiger charge is -2.31. The maximum absolute atomic E-state index is 13.4. The average Bonchev–Trinajstić information content (AvgIpc) is 2.50. The molecule has 5 heteroatoms. The fraction of sp³-hybridized carbons (Fsp3) is 0.588. The van der Waals surface area contributed by atoms with Gasteiger partial charge in [0.1, 0.15) is 6.61 Å². The summed E-state index contributed by atoms with van der Waals surface area (Å²) in [4.78, 5) is 16.0. The van der Waals surface area contributed by atoms with Crippen molar-refractivity contribution in [3.63, 3.8) is 0 Å². The lowest BCUT2D eigenvalue weighted by Crippen LogP contribution is -2.43. The van der Waals surface area contributed by atoms with E-state index in [1.54, 1.807) is 18.2 Å². The van der Waals surface area contributed by atoms with E-state index in [-0.39, 0.29) is 17.5 Å². The van der Waals surface area contributed by atoms with Crippen molar-refractivity contribution < 1.29 is 13.9 Å². The number of nitrogens with zero attached hydrogens (tertiary/aromatic N) is 2. The van der Waals surface area contributed by atoms with E-state index in [1.165, 1.54) is 6.07 Å². The first kappa shape index (κ1) is 16.7. The maximum atomic E-state index is 13.4. The van der Waals surface area contributed by atoms with Crippen molar-refractivity contribution in [1.29, 1.82) is 0 Å². The molecule has 0 bridgehead atoms. The molecule has 1 aliphatic rings. The van der Waals surface area contributed by atoms with Crippen LogP contribution < -0.4 is 4.74 Å². The molecule has 1 aliphatic heterocycles. The van der Waals surface area contributed by atoms with Gasteiger partial charge in [0.05, 0.1) is 6.54 Å². The van der Waals surface area contributed by atoms with Gasteiger partial charge in [0, 0.05) is 19.6 Å². The third kappa shape index (κ3) is 4.98. The molecule has 1 aromatic carbocycles. The van der Waals surface area contributed by atoms with Crippen molar-refractivity contribution in [2.75, 3.05) is 39.8 Å². The number of carbonyl (C=O) groups excluding carboxylic acids is 1. The van der Waals surface area contributed by atoms with Gasteiger partial charge in [-0.2, -0.15) is 0 Å². The first-order chi connectivity index (χ1) is 10.6. The largest absolute Gasteiger partial charge is 0.489 e. The lowest BCUT2D eigenvalue weighted by molar-refractivity contribution is -0.133. The van der Waals surface area contributed by atoms with E-state index in [9.17, 15) is 9.18 Å². The first-order valence-electron chi connectivity index (χ1n) is 7.90. The van der Waals surface area contributed by atoms with Crippen molar-refractivity contribution in [3.05, 3.63) is 30.1 Å². The Morgan fingerprint density at radius 2 is 2.05 bits per heavy atom. The Morgan fingerprint density at radius 3 is 2.73 bits per heavy atom. The van der Waals surface area contributed by atoms with Crippen LogP contribution in [0.1, 0.15) is 19.8 Å². The number of para-hydroxylation sites is 1. The molecule has 2 rings (SSSR count). The minimum absolute atomic E-state index is 0.167. The molecule has 0 saturated carbocycles. The molecule has 0 aliphatic carbocycles. The van der Waals surface area contributed by atoms with Crippen molar-refractivity contribution in [2.24, 2.45) is 5.92 Å². The predicted octanol–water partition coefficient (Wildman–Crippen LogP) is 2.39. The first-order valence-corrected chi connectivity index (χ1v) is 7.90. The van der Waals surface area contributed by atoms with Gasteiger partial charge in [-0.25, -0.2) is 4.39 Å². The number of likely N-dealkylation sites (tertiary alicyclic amines) is 1. The van der Waals surface area contributed by atoms with Crippen LogP contribution in [-0.4, -0.2) is 55.5 Å². The van der Waals surface area contributed by atoms with Gasteiger partial charge in [0.2, 0.25) is 5.91 Å². The topological polar surface area (TPSA) is 32.8 Å². The molecule has 22 heavy (non-hydrogen) atoms. The number of hydrogen-bond donors (Lipinski definition) is 0. The van der Waals surface area contributed by atoms with Crippen LogP contribution in [0.25, 0.3) is 0 Å². The number of carbonyl (C=O) groups is 1. The van der Waals surface area contributed by atoms with Crippen molar-refractivity contribution in [1.82, 2.24) is 9.80 Å². The summed E-state index contributed by atoms with van der Waals surface area (Å²) in [6.45, 7) is 5.29. The van der Waals surface area contributed by atoms with Crippen molar-refractivity contribution >= 4 is 5.91 Å². The van der Waals surface area contributed by atoms with Crippen LogP contribution in [-0.2, 0) is 4.79 Å². The van der Waals surface area contributed by atoms with Crippen LogP contribution in [0.3, 0.4) is 0 Å². The molecule has 0 N–H and O–H groups in total. The van der Waals surface area contributed by atoms with E-state index < -0.39 is 0 Å².